The maximum Gasteiger partial charge on any atom is 0.244 e. The van der Waals surface area contributed by atoms with Gasteiger partial charge < -0.3 is 5.32 Å². The second-order valence-electron chi connectivity index (χ2n) is 5.51. The van der Waals surface area contributed by atoms with Crippen molar-refractivity contribution in [2.75, 3.05) is 18.1 Å². The molecule has 0 aliphatic carbocycles. The summed E-state index contributed by atoms with van der Waals surface area (Å²) in [6.07, 6.45) is 3.31. The number of benzene rings is 1. The highest BCUT2D eigenvalue weighted by Gasteiger charge is 2.34. The Morgan fingerprint density at radius 3 is 2.96 bits per heavy atom. The summed E-state index contributed by atoms with van der Waals surface area (Å²) in [4.78, 5) is 16.9. The van der Waals surface area contributed by atoms with Crippen LogP contribution in [0.2, 0.25) is 0 Å². The summed E-state index contributed by atoms with van der Waals surface area (Å²) in [5.74, 6) is -0.312. The Bertz CT molecular complexity index is 850. The molecule has 0 spiro atoms. The van der Waals surface area contributed by atoms with Crippen molar-refractivity contribution in [1.82, 2.24) is 9.29 Å². The SMILES string of the molecule is CS(=O)(=O)N1CCCCC1C(=O)Nc1nc2ccc(Br)cc2s1. The quantitative estimate of drug-likeness (QED) is 0.832. The van der Waals surface area contributed by atoms with Crippen molar-refractivity contribution in [1.29, 1.82) is 0 Å². The summed E-state index contributed by atoms with van der Waals surface area (Å²) >= 11 is 4.77. The third-order valence-corrected chi connectivity index (χ3v) is 6.48. The summed E-state index contributed by atoms with van der Waals surface area (Å²) in [5.41, 5.74) is 0.803. The van der Waals surface area contributed by atoms with Gasteiger partial charge >= 0.3 is 0 Å². The predicted molar refractivity (Wildman–Crippen MR) is 95.1 cm³/mol. The fourth-order valence-electron chi connectivity index (χ4n) is 2.70. The van der Waals surface area contributed by atoms with Gasteiger partial charge in [0.05, 0.1) is 16.5 Å². The van der Waals surface area contributed by atoms with E-state index in [2.05, 4.69) is 26.2 Å². The van der Waals surface area contributed by atoms with Crippen LogP contribution in [-0.2, 0) is 14.8 Å². The number of halogens is 1. The molecule has 0 bridgehead atoms. The van der Waals surface area contributed by atoms with Crippen molar-refractivity contribution in [2.45, 2.75) is 25.3 Å². The summed E-state index contributed by atoms with van der Waals surface area (Å²) < 4.78 is 26.9. The van der Waals surface area contributed by atoms with Gasteiger partial charge in [-0.1, -0.05) is 33.7 Å². The van der Waals surface area contributed by atoms with Crippen LogP contribution in [0.5, 0.6) is 0 Å². The van der Waals surface area contributed by atoms with Crippen LogP contribution in [0.4, 0.5) is 5.13 Å². The first kappa shape index (κ1) is 16.8. The lowest BCUT2D eigenvalue weighted by Crippen LogP contribution is -2.49. The standard InChI is InChI=1S/C14H16BrN3O3S2/c1-23(20,21)18-7-3-2-4-11(18)13(19)17-14-16-10-6-5-9(15)8-12(10)22-14/h5-6,8,11H,2-4,7H2,1H3,(H,16,17,19). The number of nitrogens with zero attached hydrogens (tertiary/aromatic N) is 2. The number of piperidine rings is 1. The van der Waals surface area contributed by atoms with E-state index in [-0.39, 0.29) is 5.91 Å². The second-order valence-corrected chi connectivity index (χ2v) is 9.39. The van der Waals surface area contributed by atoms with Gasteiger partial charge in [0.2, 0.25) is 15.9 Å². The molecule has 1 aliphatic rings. The van der Waals surface area contributed by atoms with Gasteiger partial charge in [-0.2, -0.15) is 4.31 Å². The molecule has 1 atom stereocenters. The largest absolute Gasteiger partial charge is 0.301 e. The number of hydrogen-bond acceptors (Lipinski definition) is 5. The minimum absolute atomic E-state index is 0.312. The van der Waals surface area contributed by atoms with Crippen molar-refractivity contribution >= 4 is 58.5 Å². The van der Waals surface area contributed by atoms with E-state index in [1.54, 1.807) is 0 Å². The van der Waals surface area contributed by atoms with Crippen LogP contribution in [-0.4, -0.2) is 42.5 Å². The van der Waals surface area contributed by atoms with E-state index in [9.17, 15) is 13.2 Å². The molecule has 23 heavy (non-hydrogen) atoms. The van der Waals surface area contributed by atoms with Crippen molar-refractivity contribution in [3.05, 3.63) is 22.7 Å². The Morgan fingerprint density at radius 2 is 2.22 bits per heavy atom. The number of sulfonamides is 1. The molecule has 9 heteroatoms. The number of thiazole rings is 1. The lowest BCUT2D eigenvalue weighted by molar-refractivity contribution is -0.120. The average molecular weight is 418 g/mol. The molecule has 1 aromatic heterocycles. The minimum atomic E-state index is -3.39. The van der Waals surface area contributed by atoms with Crippen LogP contribution in [0.1, 0.15) is 19.3 Å². The molecule has 1 amide bonds. The smallest absolute Gasteiger partial charge is 0.244 e. The number of carbonyl (C=O) groups excluding carboxylic acids is 1. The minimum Gasteiger partial charge on any atom is -0.301 e. The fraction of sp³-hybridized carbons (Fsp3) is 0.429. The maximum absolute atomic E-state index is 12.5. The molecule has 124 valence electrons. The molecule has 3 rings (SSSR count). The Balaban J connectivity index is 1.81. The molecule has 1 N–H and O–H groups in total. The zero-order chi connectivity index (χ0) is 16.6. The lowest BCUT2D eigenvalue weighted by Gasteiger charge is -2.32. The van der Waals surface area contributed by atoms with Crippen molar-refractivity contribution in [2.24, 2.45) is 0 Å². The molecular weight excluding hydrogens is 402 g/mol. The van der Waals surface area contributed by atoms with Gasteiger partial charge in [-0.3, -0.25) is 4.79 Å². The van der Waals surface area contributed by atoms with Gasteiger partial charge in [-0.25, -0.2) is 13.4 Å². The third-order valence-electron chi connectivity index (χ3n) is 3.76. The Kier molecular flexibility index (Phi) is 4.73. The van der Waals surface area contributed by atoms with E-state index < -0.39 is 16.1 Å². The molecule has 1 aliphatic heterocycles. The van der Waals surface area contributed by atoms with E-state index >= 15 is 0 Å². The molecule has 2 heterocycles. The zero-order valence-corrected chi connectivity index (χ0v) is 15.7. The van der Waals surface area contributed by atoms with Crippen molar-refractivity contribution in [3.8, 4) is 0 Å². The average Bonchev–Trinajstić information content (AvgIpc) is 2.87. The number of amides is 1. The van der Waals surface area contributed by atoms with E-state index in [1.165, 1.54) is 15.6 Å². The molecule has 0 radical (unpaired) electrons. The van der Waals surface area contributed by atoms with Gasteiger partial charge in [0.15, 0.2) is 5.13 Å². The monoisotopic (exact) mass is 417 g/mol. The van der Waals surface area contributed by atoms with Crippen LogP contribution >= 0.6 is 27.3 Å². The fourth-order valence-corrected chi connectivity index (χ4v) is 5.25. The number of nitrogens with one attached hydrogen (secondary N) is 1. The molecule has 1 aromatic carbocycles. The molecule has 1 saturated heterocycles. The first-order valence-electron chi connectivity index (χ1n) is 7.18. The molecule has 1 unspecified atom stereocenters. The van der Waals surface area contributed by atoms with Gasteiger partial charge in [-0.05, 0) is 31.0 Å². The van der Waals surface area contributed by atoms with Crippen LogP contribution < -0.4 is 5.32 Å². The molecule has 1 fully saturated rings. The molecule has 2 aromatic rings. The number of hydrogen-bond donors (Lipinski definition) is 1. The van der Waals surface area contributed by atoms with Crippen LogP contribution in [0.25, 0.3) is 10.2 Å². The van der Waals surface area contributed by atoms with E-state index in [0.29, 0.717) is 18.1 Å². The van der Waals surface area contributed by atoms with Gasteiger partial charge in [0, 0.05) is 11.0 Å². The molecular formula is C14H16BrN3O3S2. The normalized spacial score (nSPS) is 19.8. The second kappa shape index (κ2) is 6.46. The number of fused-ring (bicyclic) bond motifs is 1. The lowest BCUT2D eigenvalue weighted by atomic mass is 10.0. The number of anilines is 1. The highest BCUT2D eigenvalue weighted by atomic mass is 79.9. The summed E-state index contributed by atoms with van der Waals surface area (Å²) in [6, 6.07) is 5.04. The summed E-state index contributed by atoms with van der Waals surface area (Å²) in [7, 11) is -3.39. The van der Waals surface area contributed by atoms with E-state index in [0.717, 1.165) is 33.8 Å². The van der Waals surface area contributed by atoms with Crippen molar-refractivity contribution in [3.63, 3.8) is 0 Å². The van der Waals surface area contributed by atoms with Crippen LogP contribution in [0.3, 0.4) is 0 Å². The topological polar surface area (TPSA) is 79.4 Å². The predicted octanol–water partition coefficient (Wildman–Crippen LogP) is 2.81. The van der Waals surface area contributed by atoms with Crippen molar-refractivity contribution < 1.29 is 13.2 Å². The first-order valence-corrected chi connectivity index (χ1v) is 10.6. The van der Waals surface area contributed by atoms with Gasteiger partial charge in [0.25, 0.3) is 0 Å². The zero-order valence-electron chi connectivity index (χ0n) is 12.5. The first-order chi connectivity index (χ1) is 10.8. The van der Waals surface area contributed by atoms with Gasteiger partial charge in [-0.15, -0.1) is 0 Å². The maximum atomic E-state index is 12.5. The Hall–Kier alpha value is -1.03. The Morgan fingerprint density at radius 1 is 1.43 bits per heavy atom. The summed E-state index contributed by atoms with van der Waals surface area (Å²) in [6.45, 7) is 0.393. The van der Waals surface area contributed by atoms with Gasteiger partial charge in [0.1, 0.15) is 6.04 Å². The van der Waals surface area contributed by atoms with E-state index in [4.69, 9.17) is 0 Å². The third kappa shape index (κ3) is 3.73. The van der Waals surface area contributed by atoms with Crippen LogP contribution in [0, 0.1) is 0 Å². The molecule has 6 nitrogen and oxygen atoms in total. The Labute approximate surface area is 147 Å². The van der Waals surface area contributed by atoms with Crippen LogP contribution in [0.15, 0.2) is 22.7 Å². The molecule has 0 saturated carbocycles. The summed E-state index contributed by atoms with van der Waals surface area (Å²) in [5, 5.41) is 3.26. The van der Waals surface area contributed by atoms with E-state index in [1.807, 2.05) is 18.2 Å². The number of carbonyl (C=O) groups is 1. The highest BCUT2D eigenvalue weighted by molar-refractivity contribution is 9.10. The highest BCUT2D eigenvalue weighted by Crippen LogP contribution is 2.29. The number of rotatable bonds is 3. The number of aromatic nitrogens is 1.